The molecular weight excluding hydrogens is 413 g/mol. The number of hydrogen-bond acceptors (Lipinski definition) is 3. The molecule has 0 saturated carbocycles. The largest absolute Gasteiger partial charge is 0.348 e. The zero-order valence-corrected chi connectivity index (χ0v) is 16.2. The smallest absolute Gasteiger partial charge is 0.300 e. The fourth-order valence-corrected chi connectivity index (χ4v) is 3.14. The van der Waals surface area contributed by atoms with Gasteiger partial charge >= 0.3 is 5.69 Å². The maximum Gasteiger partial charge on any atom is 0.348 e. The van der Waals surface area contributed by atoms with Gasteiger partial charge in [-0.2, -0.15) is 4.68 Å². The molecule has 0 aliphatic rings. The van der Waals surface area contributed by atoms with Gasteiger partial charge in [0.1, 0.15) is 11.6 Å². The number of rotatable bonds is 4. The molecule has 146 valence electrons. The SMILES string of the molecule is CC(C)N(C(=O)c1nn(-c2ccc(Cl)cc2Cl)c(=O)[nH]1)c1ccc(F)cc1F. The van der Waals surface area contributed by atoms with Crippen LogP contribution in [0.1, 0.15) is 24.5 Å². The molecule has 0 fully saturated rings. The minimum absolute atomic E-state index is 0.138. The number of aromatic amines is 1. The monoisotopic (exact) mass is 426 g/mol. The van der Waals surface area contributed by atoms with E-state index in [-0.39, 0.29) is 22.2 Å². The van der Waals surface area contributed by atoms with Gasteiger partial charge < -0.3 is 4.90 Å². The molecule has 0 saturated heterocycles. The van der Waals surface area contributed by atoms with Crippen molar-refractivity contribution in [2.24, 2.45) is 0 Å². The van der Waals surface area contributed by atoms with Crippen molar-refractivity contribution in [3.8, 4) is 5.69 Å². The highest BCUT2D eigenvalue weighted by atomic mass is 35.5. The van der Waals surface area contributed by atoms with Gasteiger partial charge in [0.15, 0.2) is 0 Å². The van der Waals surface area contributed by atoms with E-state index in [1.807, 2.05) is 0 Å². The zero-order valence-electron chi connectivity index (χ0n) is 14.7. The van der Waals surface area contributed by atoms with Gasteiger partial charge in [-0.05, 0) is 44.2 Å². The van der Waals surface area contributed by atoms with Crippen LogP contribution in [0.15, 0.2) is 41.2 Å². The Morgan fingerprint density at radius 3 is 2.50 bits per heavy atom. The maximum absolute atomic E-state index is 14.2. The van der Waals surface area contributed by atoms with Crippen molar-refractivity contribution in [2.75, 3.05) is 4.90 Å². The third kappa shape index (κ3) is 3.79. The zero-order chi connectivity index (χ0) is 20.6. The summed E-state index contributed by atoms with van der Waals surface area (Å²) in [5.74, 6) is -2.77. The quantitative estimate of drug-likeness (QED) is 0.679. The van der Waals surface area contributed by atoms with Crippen LogP contribution < -0.4 is 10.6 Å². The molecule has 1 heterocycles. The van der Waals surface area contributed by atoms with E-state index < -0.39 is 29.3 Å². The Bertz CT molecular complexity index is 1110. The minimum Gasteiger partial charge on any atom is -0.300 e. The molecule has 0 spiro atoms. The van der Waals surface area contributed by atoms with Gasteiger partial charge in [-0.15, -0.1) is 5.10 Å². The Morgan fingerprint density at radius 1 is 1.18 bits per heavy atom. The van der Waals surface area contributed by atoms with Crippen LogP contribution in [0.25, 0.3) is 5.69 Å². The van der Waals surface area contributed by atoms with Crippen molar-refractivity contribution < 1.29 is 13.6 Å². The Kier molecular flexibility index (Phi) is 5.53. The van der Waals surface area contributed by atoms with E-state index >= 15 is 0 Å². The number of nitrogens with one attached hydrogen (secondary N) is 1. The first-order valence-electron chi connectivity index (χ1n) is 8.12. The maximum atomic E-state index is 14.2. The van der Waals surface area contributed by atoms with Gasteiger partial charge in [-0.3, -0.25) is 9.78 Å². The van der Waals surface area contributed by atoms with Crippen LogP contribution in [0, 0.1) is 11.6 Å². The molecule has 10 heteroatoms. The normalized spacial score (nSPS) is 11.1. The Labute approximate surface area is 168 Å². The van der Waals surface area contributed by atoms with Crippen LogP contribution in [0.2, 0.25) is 10.0 Å². The molecule has 1 amide bonds. The molecule has 3 aromatic rings. The number of benzene rings is 2. The molecule has 0 atom stereocenters. The summed E-state index contributed by atoms with van der Waals surface area (Å²) in [5, 5.41) is 4.50. The van der Waals surface area contributed by atoms with E-state index in [0.717, 1.165) is 21.7 Å². The molecule has 0 bridgehead atoms. The molecule has 2 aromatic carbocycles. The molecule has 0 aliphatic heterocycles. The van der Waals surface area contributed by atoms with E-state index in [4.69, 9.17) is 23.2 Å². The molecule has 3 rings (SSSR count). The predicted octanol–water partition coefficient (Wildman–Crippen LogP) is 4.20. The van der Waals surface area contributed by atoms with Crippen molar-refractivity contribution in [3.05, 3.63) is 74.4 Å². The number of aromatic nitrogens is 3. The van der Waals surface area contributed by atoms with Crippen molar-refractivity contribution in [1.29, 1.82) is 0 Å². The lowest BCUT2D eigenvalue weighted by atomic mass is 10.2. The standard InChI is InChI=1S/C18H14Cl2F2N4O2/c1-9(2)25(15-6-4-11(21)8-13(15)22)17(27)16-23-18(28)26(24-16)14-5-3-10(19)7-12(14)20/h3-9H,1-2H3,(H,23,24,28). The Hall–Kier alpha value is -2.71. The van der Waals surface area contributed by atoms with Crippen molar-refractivity contribution >= 4 is 34.8 Å². The van der Waals surface area contributed by atoms with Gasteiger partial charge in [-0.1, -0.05) is 23.2 Å². The molecule has 1 N–H and O–H groups in total. The summed E-state index contributed by atoms with van der Waals surface area (Å²) in [6.07, 6.45) is 0. The van der Waals surface area contributed by atoms with Crippen LogP contribution in [-0.2, 0) is 0 Å². The van der Waals surface area contributed by atoms with Gasteiger partial charge in [0.25, 0.3) is 5.91 Å². The van der Waals surface area contributed by atoms with Gasteiger partial charge in [-0.25, -0.2) is 13.6 Å². The van der Waals surface area contributed by atoms with Crippen LogP contribution in [-0.4, -0.2) is 26.7 Å². The summed E-state index contributed by atoms with van der Waals surface area (Å²) in [6.45, 7) is 3.29. The lowest BCUT2D eigenvalue weighted by molar-refractivity contribution is 0.0969. The first-order chi connectivity index (χ1) is 13.2. The van der Waals surface area contributed by atoms with E-state index in [0.29, 0.717) is 11.1 Å². The predicted molar refractivity (Wildman–Crippen MR) is 103 cm³/mol. The average Bonchev–Trinajstić information content (AvgIpc) is 2.98. The number of H-pyrrole nitrogens is 1. The lowest BCUT2D eigenvalue weighted by Gasteiger charge is -2.26. The first kappa shape index (κ1) is 20.0. The molecule has 0 aliphatic carbocycles. The number of carbonyl (C=O) groups is 1. The average molecular weight is 427 g/mol. The summed E-state index contributed by atoms with van der Waals surface area (Å²) in [5.41, 5.74) is -0.632. The summed E-state index contributed by atoms with van der Waals surface area (Å²) in [4.78, 5) is 28.6. The number of anilines is 1. The third-order valence-electron chi connectivity index (χ3n) is 3.86. The lowest BCUT2D eigenvalue weighted by Crippen LogP contribution is -2.38. The molecular formula is C18H14Cl2F2N4O2. The molecule has 1 aromatic heterocycles. The highest BCUT2D eigenvalue weighted by Crippen LogP contribution is 2.25. The van der Waals surface area contributed by atoms with Gasteiger partial charge in [0.2, 0.25) is 5.82 Å². The first-order valence-corrected chi connectivity index (χ1v) is 8.88. The molecule has 28 heavy (non-hydrogen) atoms. The van der Waals surface area contributed by atoms with E-state index in [1.54, 1.807) is 13.8 Å². The molecule has 6 nitrogen and oxygen atoms in total. The summed E-state index contributed by atoms with van der Waals surface area (Å²) < 4.78 is 28.3. The van der Waals surface area contributed by atoms with Gasteiger partial charge in [0.05, 0.1) is 16.4 Å². The highest BCUT2D eigenvalue weighted by Gasteiger charge is 2.27. The van der Waals surface area contributed by atoms with Crippen LogP contribution in [0.3, 0.4) is 0 Å². The number of amides is 1. The van der Waals surface area contributed by atoms with Crippen molar-refractivity contribution in [1.82, 2.24) is 14.8 Å². The molecule has 0 unspecified atom stereocenters. The Balaban J connectivity index is 2.05. The van der Waals surface area contributed by atoms with Crippen LogP contribution in [0.4, 0.5) is 14.5 Å². The van der Waals surface area contributed by atoms with E-state index in [9.17, 15) is 18.4 Å². The third-order valence-corrected chi connectivity index (χ3v) is 4.40. The van der Waals surface area contributed by atoms with E-state index in [1.165, 1.54) is 18.2 Å². The topological polar surface area (TPSA) is 71.0 Å². The summed E-state index contributed by atoms with van der Waals surface area (Å²) in [6, 6.07) is 6.77. The second kappa shape index (κ2) is 7.73. The fourth-order valence-electron chi connectivity index (χ4n) is 2.65. The summed E-state index contributed by atoms with van der Waals surface area (Å²) >= 11 is 11.9. The van der Waals surface area contributed by atoms with Crippen LogP contribution >= 0.6 is 23.2 Å². The number of carbonyl (C=O) groups excluding carboxylic acids is 1. The van der Waals surface area contributed by atoms with Crippen molar-refractivity contribution in [2.45, 2.75) is 19.9 Å². The minimum atomic E-state index is -0.912. The van der Waals surface area contributed by atoms with Crippen molar-refractivity contribution in [3.63, 3.8) is 0 Å². The second-order valence-corrected chi connectivity index (χ2v) is 6.99. The highest BCUT2D eigenvalue weighted by molar-refractivity contribution is 6.35. The second-order valence-electron chi connectivity index (χ2n) is 6.15. The fraction of sp³-hybridized carbons (Fsp3) is 0.167. The number of hydrogen-bond donors (Lipinski definition) is 1. The number of nitrogens with zero attached hydrogens (tertiary/aromatic N) is 3. The molecule has 0 radical (unpaired) electrons. The summed E-state index contributed by atoms with van der Waals surface area (Å²) in [7, 11) is 0. The van der Waals surface area contributed by atoms with E-state index in [2.05, 4.69) is 10.1 Å². The van der Waals surface area contributed by atoms with Gasteiger partial charge in [0, 0.05) is 17.1 Å². The Morgan fingerprint density at radius 2 is 1.89 bits per heavy atom. The number of halogens is 4. The van der Waals surface area contributed by atoms with Crippen LogP contribution in [0.5, 0.6) is 0 Å².